The first kappa shape index (κ1) is 14.5. The van der Waals surface area contributed by atoms with Gasteiger partial charge in [0.2, 0.25) is 0 Å². The standard InChI is InChI=1S/C13H17BrClNO/c1-9-4-5-11(14)10(8-9)12(17)16-13(2,3)6-7-15/h4-5,8H,6-7H2,1-3H3,(H,16,17). The van der Waals surface area contributed by atoms with Gasteiger partial charge in [-0.1, -0.05) is 11.6 Å². The highest BCUT2D eigenvalue weighted by atomic mass is 79.9. The summed E-state index contributed by atoms with van der Waals surface area (Å²) in [5.41, 5.74) is 1.43. The molecule has 2 nitrogen and oxygen atoms in total. The summed E-state index contributed by atoms with van der Waals surface area (Å²) < 4.78 is 0.808. The Morgan fingerprint density at radius 3 is 2.71 bits per heavy atom. The quantitative estimate of drug-likeness (QED) is 0.838. The average molecular weight is 319 g/mol. The molecule has 0 bridgehead atoms. The molecule has 0 saturated carbocycles. The van der Waals surface area contributed by atoms with E-state index >= 15 is 0 Å². The molecule has 1 aromatic carbocycles. The lowest BCUT2D eigenvalue weighted by Crippen LogP contribution is -2.43. The minimum Gasteiger partial charge on any atom is -0.347 e. The number of rotatable bonds is 4. The summed E-state index contributed by atoms with van der Waals surface area (Å²) in [6, 6.07) is 5.72. The third kappa shape index (κ3) is 4.32. The molecule has 0 radical (unpaired) electrons. The summed E-state index contributed by atoms with van der Waals surface area (Å²) in [6.45, 7) is 5.90. The minimum atomic E-state index is -0.290. The fourth-order valence-electron chi connectivity index (χ4n) is 1.49. The van der Waals surface area contributed by atoms with Gasteiger partial charge in [0, 0.05) is 15.9 Å². The van der Waals surface area contributed by atoms with Crippen LogP contribution in [0.1, 0.15) is 36.2 Å². The molecule has 0 aliphatic rings. The number of alkyl halides is 1. The molecule has 0 heterocycles. The molecule has 1 rings (SSSR count). The Morgan fingerprint density at radius 1 is 1.47 bits per heavy atom. The molecule has 0 aliphatic carbocycles. The molecule has 0 unspecified atom stereocenters. The highest BCUT2D eigenvalue weighted by Crippen LogP contribution is 2.19. The Morgan fingerprint density at radius 2 is 2.12 bits per heavy atom. The van der Waals surface area contributed by atoms with Crippen LogP contribution in [0.2, 0.25) is 0 Å². The predicted octanol–water partition coefficient (Wildman–Crippen LogP) is 3.89. The van der Waals surface area contributed by atoms with Crippen molar-refractivity contribution >= 4 is 33.4 Å². The lowest BCUT2D eigenvalue weighted by atomic mass is 10.0. The number of carbonyl (C=O) groups excluding carboxylic acids is 1. The summed E-state index contributed by atoms with van der Waals surface area (Å²) >= 11 is 9.10. The maximum atomic E-state index is 12.1. The smallest absolute Gasteiger partial charge is 0.252 e. The van der Waals surface area contributed by atoms with E-state index in [1.54, 1.807) is 0 Å². The zero-order valence-electron chi connectivity index (χ0n) is 10.3. The van der Waals surface area contributed by atoms with Crippen LogP contribution in [0.5, 0.6) is 0 Å². The van der Waals surface area contributed by atoms with E-state index in [1.165, 1.54) is 0 Å². The molecule has 0 aliphatic heterocycles. The highest BCUT2D eigenvalue weighted by molar-refractivity contribution is 9.10. The summed E-state index contributed by atoms with van der Waals surface area (Å²) in [7, 11) is 0. The van der Waals surface area contributed by atoms with Crippen molar-refractivity contribution < 1.29 is 4.79 Å². The van der Waals surface area contributed by atoms with E-state index in [-0.39, 0.29) is 11.4 Å². The van der Waals surface area contributed by atoms with Crippen LogP contribution in [0.25, 0.3) is 0 Å². The van der Waals surface area contributed by atoms with Crippen LogP contribution >= 0.6 is 27.5 Å². The van der Waals surface area contributed by atoms with Gasteiger partial charge in [-0.2, -0.15) is 0 Å². The number of halogens is 2. The van der Waals surface area contributed by atoms with E-state index < -0.39 is 0 Å². The second-order valence-corrected chi connectivity index (χ2v) is 5.99. The molecule has 0 atom stereocenters. The molecule has 0 saturated heterocycles. The first-order valence-corrected chi connectivity index (χ1v) is 6.83. The number of benzene rings is 1. The van der Waals surface area contributed by atoms with Gasteiger partial charge < -0.3 is 5.32 Å². The molecule has 0 spiro atoms. The van der Waals surface area contributed by atoms with Gasteiger partial charge >= 0.3 is 0 Å². The average Bonchev–Trinajstić information content (AvgIpc) is 2.20. The predicted molar refractivity (Wildman–Crippen MR) is 75.8 cm³/mol. The molecule has 1 amide bonds. The van der Waals surface area contributed by atoms with E-state index in [4.69, 9.17) is 11.6 Å². The number of hydrogen-bond donors (Lipinski definition) is 1. The molecule has 1 N–H and O–H groups in total. The van der Waals surface area contributed by atoms with Crippen molar-refractivity contribution in [2.75, 3.05) is 5.88 Å². The van der Waals surface area contributed by atoms with E-state index in [2.05, 4.69) is 21.2 Å². The molecular weight excluding hydrogens is 302 g/mol. The van der Waals surface area contributed by atoms with Crippen LogP contribution < -0.4 is 5.32 Å². The van der Waals surface area contributed by atoms with Crippen molar-refractivity contribution in [2.24, 2.45) is 0 Å². The number of aryl methyl sites for hydroxylation is 1. The lowest BCUT2D eigenvalue weighted by molar-refractivity contribution is 0.0911. The second kappa shape index (κ2) is 5.87. The molecule has 4 heteroatoms. The SMILES string of the molecule is Cc1ccc(Br)c(C(=O)NC(C)(C)CCCl)c1. The number of hydrogen-bond acceptors (Lipinski definition) is 1. The zero-order chi connectivity index (χ0) is 13.1. The maximum absolute atomic E-state index is 12.1. The Balaban J connectivity index is 2.86. The fraction of sp³-hybridized carbons (Fsp3) is 0.462. The fourth-order valence-corrected chi connectivity index (χ4v) is 2.39. The van der Waals surface area contributed by atoms with Gasteiger partial charge in [0.1, 0.15) is 0 Å². The van der Waals surface area contributed by atoms with Gasteiger partial charge in [0.25, 0.3) is 5.91 Å². The molecule has 0 fully saturated rings. The first-order chi connectivity index (χ1) is 7.85. The van der Waals surface area contributed by atoms with Crippen molar-refractivity contribution in [1.29, 1.82) is 0 Å². The summed E-state index contributed by atoms with van der Waals surface area (Å²) in [5.74, 6) is 0.457. The van der Waals surface area contributed by atoms with Crippen molar-refractivity contribution in [2.45, 2.75) is 32.7 Å². The maximum Gasteiger partial charge on any atom is 0.252 e. The van der Waals surface area contributed by atoms with E-state index in [9.17, 15) is 4.79 Å². The van der Waals surface area contributed by atoms with E-state index in [0.29, 0.717) is 11.4 Å². The Bertz CT molecular complexity index is 418. The molecule has 94 valence electrons. The topological polar surface area (TPSA) is 29.1 Å². The Labute approximate surface area is 116 Å². The van der Waals surface area contributed by atoms with Crippen LogP contribution in [-0.4, -0.2) is 17.3 Å². The number of carbonyl (C=O) groups is 1. The van der Waals surface area contributed by atoms with Crippen LogP contribution in [0, 0.1) is 6.92 Å². The van der Waals surface area contributed by atoms with Crippen LogP contribution in [0.15, 0.2) is 22.7 Å². The van der Waals surface area contributed by atoms with Gasteiger partial charge in [0.15, 0.2) is 0 Å². The molecule has 0 aromatic heterocycles. The summed E-state index contributed by atoms with van der Waals surface area (Å²) in [5, 5.41) is 2.99. The van der Waals surface area contributed by atoms with Crippen molar-refractivity contribution in [1.82, 2.24) is 5.32 Å². The van der Waals surface area contributed by atoms with Gasteiger partial charge in [-0.25, -0.2) is 0 Å². The van der Waals surface area contributed by atoms with Crippen LogP contribution in [0.4, 0.5) is 0 Å². The van der Waals surface area contributed by atoms with Crippen molar-refractivity contribution in [3.05, 3.63) is 33.8 Å². The van der Waals surface area contributed by atoms with E-state index in [1.807, 2.05) is 39.0 Å². The van der Waals surface area contributed by atoms with E-state index in [0.717, 1.165) is 16.5 Å². The molecular formula is C13H17BrClNO. The van der Waals surface area contributed by atoms with Crippen molar-refractivity contribution in [3.63, 3.8) is 0 Å². The van der Waals surface area contributed by atoms with Crippen LogP contribution in [-0.2, 0) is 0 Å². The minimum absolute atomic E-state index is 0.0734. The summed E-state index contributed by atoms with van der Waals surface area (Å²) in [4.78, 5) is 12.1. The number of amides is 1. The first-order valence-electron chi connectivity index (χ1n) is 5.50. The van der Waals surface area contributed by atoms with Gasteiger partial charge in [-0.3, -0.25) is 4.79 Å². The van der Waals surface area contributed by atoms with Gasteiger partial charge in [0.05, 0.1) is 5.56 Å². The number of nitrogens with one attached hydrogen (secondary N) is 1. The lowest BCUT2D eigenvalue weighted by Gasteiger charge is -2.25. The normalized spacial score (nSPS) is 11.4. The third-order valence-electron chi connectivity index (χ3n) is 2.54. The molecule has 1 aromatic rings. The highest BCUT2D eigenvalue weighted by Gasteiger charge is 2.21. The monoisotopic (exact) mass is 317 g/mol. The largest absolute Gasteiger partial charge is 0.347 e. The Kier molecular flexibility index (Phi) is 5.02. The van der Waals surface area contributed by atoms with Gasteiger partial charge in [-0.05, 0) is 55.3 Å². The zero-order valence-corrected chi connectivity index (χ0v) is 12.7. The third-order valence-corrected chi connectivity index (χ3v) is 3.42. The van der Waals surface area contributed by atoms with Crippen molar-refractivity contribution in [3.8, 4) is 0 Å². The molecule has 17 heavy (non-hydrogen) atoms. The Hall–Kier alpha value is -0.540. The van der Waals surface area contributed by atoms with Crippen LogP contribution in [0.3, 0.4) is 0 Å². The summed E-state index contributed by atoms with van der Waals surface area (Å²) in [6.07, 6.45) is 0.740. The van der Waals surface area contributed by atoms with Gasteiger partial charge in [-0.15, -0.1) is 11.6 Å². The second-order valence-electron chi connectivity index (χ2n) is 4.76.